The zero-order valence-electron chi connectivity index (χ0n) is 7.61. The van der Waals surface area contributed by atoms with Gasteiger partial charge in [0.2, 0.25) is 5.91 Å². The number of rotatable bonds is 3. The van der Waals surface area contributed by atoms with Gasteiger partial charge in [-0.25, -0.2) is 4.39 Å². The van der Waals surface area contributed by atoms with E-state index in [0.29, 0.717) is 5.69 Å². The highest BCUT2D eigenvalue weighted by molar-refractivity contribution is 6.02. The topological polar surface area (TPSA) is 70.0 Å². The van der Waals surface area contributed by atoms with Crippen molar-refractivity contribution in [2.24, 2.45) is 5.92 Å². The molecule has 1 amide bonds. The van der Waals surface area contributed by atoms with Crippen LogP contribution in [0.5, 0.6) is 0 Å². The Kier molecular flexibility index (Phi) is 3.52. The summed E-state index contributed by atoms with van der Waals surface area (Å²) in [6, 6.07) is 6.54. The second-order valence-electron chi connectivity index (χ2n) is 2.74. The highest BCUT2D eigenvalue weighted by Gasteiger charge is 2.16. The monoisotopic (exact) mass is 206 g/mol. The molecule has 0 fully saturated rings. The fourth-order valence-corrected chi connectivity index (χ4v) is 0.904. The summed E-state index contributed by atoms with van der Waals surface area (Å²) in [6.45, 7) is 0. The summed E-state index contributed by atoms with van der Waals surface area (Å²) in [5.74, 6) is -2.49. The van der Waals surface area contributed by atoms with Crippen molar-refractivity contribution in [2.75, 3.05) is 5.32 Å². The summed E-state index contributed by atoms with van der Waals surface area (Å²) in [5.41, 5.74) is 0.337. The molecule has 0 aliphatic carbocycles. The molecule has 15 heavy (non-hydrogen) atoms. The summed E-state index contributed by atoms with van der Waals surface area (Å²) in [4.78, 5) is 21.5. The lowest BCUT2D eigenvalue weighted by Gasteiger charge is -2.04. The van der Waals surface area contributed by atoms with E-state index >= 15 is 0 Å². The molecule has 1 aromatic carbocycles. The van der Waals surface area contributed by atoms with Crippen LogP contribution in [0.15, 0.2) is 24.3 Å². The van der Waals surface area contributed by atoms with E-state index in [-0.39, 0.29) is 6.29 Å². The van der Waals surface area contributed by atoms with Crippen LogP contribution in [0.1, 0.15) is 0 Å². The molecule has 0 aliphatic heterocycles. The Morgan fingerprint density at radius 1 is 1.47 bits per heavy atom. The molecule has 0 aliphatic rings. The fourth-order valence-electron chi connectivity index (χ4n) is 0.904. The number of benzene rings is 1. The molecule has 76 valence electrons. The number of carbonyl (C=O) groups is 2. The zero-order chi connectivity index (χ0) is 11.3. The van der Waals surface area contributed by atoms with Gasteiger partial charge >= 0.3 is 0 Å². The Labute approximate surface area is 85.3 Å². The first-order chi connectivity index (χ1) is 7.17. The Hall–Kier alpha value is -2.22. The highest BCUT2D eigenvalue weighted by Crippen LogP contribution is 2.09. The number of carbonyl (C=O) groups excluding carboxylic acids is 2. The molecule has 1 unspecified atom stereocenters. The second kappa shape index (κ2) is 4.86. The maximum Gasteiger partial charge on any atom is 0.249 e. The van der Waals surface area contributed by atoms with Gasteiger partial charge in [-0.05, 0) is 24.3 Å². The van der Waals surface area contributed by atoms with E-state index in [0.717, 1.165) is 12.1 Å². The van der Waals surface area contributed by atoms with Gasteiger partial charge in [-0.15, -0.1) is 0 Å². The summed E-state index contributed by atoms with van der Waals surface area (Å²) >= 11 is 0. The molecule has 1 aromatic rings. The Morgan fingerprint density at radius 2 is 2.07 bits per heavy atom. The lowest BCUT2D eigenvalue weighted by molar-refractivity contribution is -0.122. The van der Waals surface area contributed by atoms with Crippen LogP contribution in [0.4, 0.5) is 10.1 Å². The maximum atomic E-state index is 12.5. The number of amides is 1. The van der Waals surface area contributed by atoms with Gasteiger partial charge in [0.15, 0.2) is 5.92 Å². The standard InChI is InChI=1S/C10H7FN2O2/c11-8-1-3-9(4-2-8)13-10(15)7(5-12)6-14/h1-4,6-7H,(H,13,15). The first-order valence-electron chi connectivity index (χ1n) is 4.08. The summed E-state index contributed by atoms with van der Waals surface area (Å²) in [5, 5.41) is 10.7. The Morgan fingerprint density at radius 3 is 2.53 bits per heavy atom. The molecule has 4 nitrogen and oxygen atoms in total. The van der Waals surface area contributed by atoms with E-state index < -0.39 is 17.6 Å². The van der Waals surface area contributed by atoms with Gasteiger partial charge in [0.1, 0.15) is 12.1 Å². The molecule has 0 heterocycles. The van der Waals surface area contributed by atoms with Crippen LogP contribution < -0.4 is 5.32 Å². The van der Waals surface area contributed by atoms with Crippen LogP contribution in [-0.2, 0) is 9.59 Å². The van der Waals surface area contributed by atoms with Crippen LogP contribution in [-0.4, -0.2) is 12.2 Å². The van der Waals surface area contributed by atoms with E-state index in [9.17, 15) is 14.0 Å². The predicted octanol–water partition coefficient (Wildman–Crippen LogP) is 1.10. The summed E-state index contributed by atoms with van der Waals surface area (Å²) in [7, 11) is 0. The number of hydrogen-bond donors (Lipinski definition) is 1. The molecule has 1 rings (SSSR count). The zero-order valence-corrected chi connectivity index (χ0v) is 7.61. The van der Waals surface area contributed by atoms with Crippen LogP contribution in [0, 0.1) is 23.1 Å². The Balaban J connectivity index is 2.71. The van der Waals surface area contributed by atoms with Crippen LogP contribution >= 0.6 is 0 Å². The van der Waals surface area contributed by atoms with Crippen LogP contribution in [0.2, 0.25) is 0 Å². The largest absolute Gasteiger partial charge is 0.325 e. The van der Waals surface area contributed by atoms with Crippen molar-refractivity contribution >= 4 is 17.9 Å². The van der Waals surface area contributed by atoms with Gasteiger partial charge in [-0.2, -0.15) is 5.26 Å². The third kappa shape index (κ3) is 2.88. The number of nitrogens with zero attached hydrogens (tertiary/aromatic N) is 1. The van der Waals surface area contributed by atoms with Crippen molar-refractivity contribution < 1.29 is 14.0 Å². The number of aldehydes is 1. The summed E-state index contributed by atoms with van der Waals surface area (Å²) in [6.07, 6.45) is 0.249. The molecule has 5 heteroatoms. The lowest BCUT2D eigenvalue weighted by Crippen LogP contribution is -2.22. The quantitative estimate of drug-likeness (QED) is 0.594. The predicted molar refractivity (Wildman–Crippen MR) is 50.2 cm³/mol. The van der Waals surface area contributed by atoms with Gasteiger partial charge in [-0.1, -0.05) is 0 Å². The molecule has 0 saturated heterocycles. The van der Waals surface area contributed by atoms with E-state index in [4.69, 9.17) is 5.26 Å². The number of hydrogen-bond acceptors (Lipinski definition) is 3. The summed E-state index contributed by atoms with van der Waals surface area (Å²) < 4.78 is 12.5. The average Bonchev–Trinajstić information content (AvgIpc) is 2.23. The molecular formula is C10H7FN2O2. The lowest BCUT2D eigenvalue weighted by atomic mass is 10.2. The van der Waals surface area contributed by atoms with Gasteiger partial charge in [0.05, 0.1) is 6.07 Å². The van der Waals surface area contributed by atoms with Crippen molar-refractivity contribution in [2.45, 2.75) is 0 Å². The molecule has 0 bridgehead atoms. The fraction of sp³-hybridized carbons (Fsp3) is 0.100. The molecule has 0 aromatic heterocycles. The maximum absolute atomic E-state index is 12.5. The Bertz CT molecular complexity index is 408. The molecule has 1 N–H and O–H groups in total. The average molecular weight is 206 g/mol. The third-order valence-corrected chi connectivity index (χ3v) is 1.67. The van der Waals surface area contributed by atoms with Gasteiger partial charge in [0.25, 0.3) is 0 Å². The number of halogens is 1. The highest BCUT2D eigenvalue weighted by atomic mass is 19.1. The van der Waals surface area contributed by atoms with Crippen molar-refractivity contribution in [1.29, 1.82) is 5.26 Å². The minimum atomic E-state index is -1.34. The first kappa shape index (κ1) is 10.9. The minimum absolute atomic E-state index is 0.249. The van der Waals surface area contributed by atoms with E-state index in [1.54, 1.807) is 0 Å². The second-order valence-corrected chi connectivity index (χ2v) is 2.74. The normalized spacial score (nSPS) is 11.2. The van der Waals surface area contributed by atoms with Crippen molar-refractivity contribution in [3.05, 3.63) is 30.1 Å². The van der Waals surface area contributed by atoms with Crippen molar-refractivity contribution in [1.82, 2.24) is 0 Å². The van der Waals surface area contributed by atoms with E-state index in [2.05, 4.69) is 5.32 Å². The smallest absolute Gasteiger partial charge is 0.249 e. The van der Waals surface area contributed by atoms with Gasteiger partial charge in [0, 0.05) is 5.69 Å². The van der Waals surface area contributed by atoms with Gasteiger partial charge in [-0.3, -0.25) is 4.79 Å². The van der Waals surface area contributed by atoms with E-state index in [1.807, 2.05) is 0 Å². The van der Waals surface area contributed by atoms with Crippen molar-refractivity contribution in [3.8, 4) is 6.07 Å². The van der Waals surface area contributed by atoms with Crippen molar-refractivity contribution in [3.63, 3.8) is 0 Å². The van der Waals surface area contributed by atoms with Gasteiger partial charge < -0.3 is 10.1 Å². The number of nitrogens with one attached hydrogen (secondary N) is 1. The molecule has 0 saturated carbocycles. The molecular weight excluding hydrogens is 199 g/mol. The molecule has 0 spiro atoms. The SMILES string of the molecule is N#CC(C=O)C(=O)Nc1ccc(F)cc1. The number of nitriles is 1. The number of anilines is 1. The molecule has 0 radical (unpaired) electrons. The minimum Gasteiger partial charge on any atom is -0.325 e. The third-order valence-electron chi connectivity index (χ3n) is 1.67. The molecule has 1 atom stereocenters. The first-order valence-corrected chi connectivity index (χ1v) is 4.08. The van der Waals surface area contributed by atoms with E-state index in [1.165, 1.54) is 18.2 Å². The van der Waals surface area contributed by atoms with Crippen LogP contribution in [0.3, 0.4) is 0 Å². The van der Waals surface area contributed by atoms with Crippen LogP contribution in [0.25, 0.3) is 0 Å².